The Morgan fingerprint density at radius 1 is 1.12 bits per heavy atom. The van der Waals surface area contributed by atoms with E-state index in [9.17, 15) is 14.4 Å². The lowest BCUT2D eigenvalue weighted by atomic mass is 9.66. The summed E-state index contributed by atoms with van der Waals surface area (Å²) < 4.78 is 6.59. The molecular weight excluding hydrogens is 434 g/mol. The average Bonchev–Trinajstić information content (AvgIpc) is 3.38. The van der Waals surface area contributed by atoms with Gasteiger partial charge in [0, 0.05) is 25.4 Å². The molecule has 0 saturated carbocycles. The molecule has 1 aromatic carbocycles. The topological polar surface area (TPSA) is 108 Å². The molecule has 186 valence electrons. The van der Waals surface area contributed by atoms with Gasteiger partial charge in [-0.15, -0.1) is 0 Å². The highest BCUT2D eigenvalue weighted by Crippen LogP contribution is 2.63. The molecular formula is C26H37N3O5. The molecule has 4 rings (SSSR count). The van der Waals surface area contributed by atoms with Gasteiger partial charge in [0.2, 0.25) is 17.7 Å². The van der Waals surface area contributed by atoms with Crippen LogP contribution in [0.15, 0.2) is 30.3 Å². The number of aliphatic hydroxyl groups excluding tert-OH is 1. The number of carbonyl (C=O) groups excluding carboxylic acids is 3. The van der Waals surface area contributed by atoms with E-state index in [1.165, 1.54) is 0 Å². The molecule has 34 heavy (non-hydrogen) atoms. The van der Waals surface area contributed by atoms with Crippen molar-refractivity contribution < 1.29 is 24.2 Å². The van der Waals surface area contributed by atoms with Gasteiger partial charge >= 0.3 is 0 Å². The highest BCUT2D eigenvalue weighted by Gasteiger charge is 2.77. The number of rotatable bonds is 11. The van der Waals surface area contributed by atoms with Crippen molar-refractivity contribution in [2.75, 3.05) is 25.0 Å². The van der Waals surface area contributed by atoms with Crippen LogP contribution in [0, 0.1) is 11.8 Å². The fourth-order valence-electron chi connectivity index (χ4n) is 6.16. The fraction of sp³-hybridized carbons (Fsp3) is 0.654. The van der Waals surface area contributed by atoms with Crippen molar-refractivity contribution >= 4 is 23.4 Å². The molecule has 0 aliphatic carbocycles. The van der Waals surface area contributed by atoms with Crippen LogP contribution in [0.2, 0.25) is 0 Å². The maximum Gasteiger partial charge on any atom is 0.245 e. The number of hydrogen-bond donors (Lipinski definition) is 3. The van der Waals surface area contributed by atoms with Gasteiger partial charge in [-0.2, -0.15) is 0 Å². The third kappa shape index (κ3) is 4.22. The second-order valence-corrected chi connectivity index (χ2v) is 10.0. The Morgan fingerprint density at radius 3 is 2.59 bits per heavy atom. The van der Waals surface area contributed by atoms with E-state index in [-0.39, 0.29) is 24.3 Å². The van der Waals surface area contributed by atoms with Gasteiger partial charge in [0.15, 0.2) is 0 Å². The molecule has 2 bridgehead atoms. The molecule has 3 heterocycles. The van der Waals surface area contributed by atoms with E-state index >= 15 is 0 Å². The van der Waals surface area contributed by atoms with Crippen LogP contribution in [0.4, 0.5) is 5.69 Å². The summed E-state index contributed by atoms with van der Waals surface area (Å²) in [4.78, 5) is 42.4. The number of hydrogen-bond acceptors (Lipinski definition) is 5. The van der Waals surface area contributed by atoms with Crippen LogP contribution in [0.25, 0.3) is 0 Å². The molecule has 8 nitrogen and oxygen atoms in total. The van der Waals surface area contributed by atoms with E-state index in [2.05, 4.69) is 17.6 Å². The fourth-order valence-corrected chi connectivity index (χ4v) is 6.16. The third-order valence-corrected chi connectivity index (χ3v) is 7.74. The zero-order chi connectivity index (χ0) is 24.3. The number of ether oxygens (including phenoxy) is 1. The molecule has 3 aliphatic rings. The number of amides is 3. The van der Waals surface area contributed by atoms with Crippen LogP contribution < -0.4 is 10.6 Å². The largest absolute Gasteiger partial charge is 0.396 e. The summed E-state index contributed by atoms with van der Waals surface area (Å²) in [7, 11) is 0. The lowest BCUT2D eigenvalue weighted by Gasteiger charge is -2.33. The predicted octanol–water partition coefficient (Wildman–Crippen LogP) is 2.47. The minimum Gasteiger partial charge on any atom is -0.396 e. The van der Waals surface area contributed by atoms with Gasteiger partial charge in [-0.3, -0.25) is 14.4 Å². The van der Waals surface area contributed by atoms with Gasteiger partial charge in [0.05, 0.1) is 17.4 Å². The van der Waals surface area contributed by atoms with Crippen LogP contribution in [-0.2, 0) is 19.1 Å². The molecule has 5 atom stereocenters. The second kappa shape index (κ2) is 10.0. The maximum atomic E-state index is 13.8. The molecule has 0 radical (unpaired) electrons. The highest BCUT2D eigenvalue weighted by molar-refractivity contribution is 6.02. The first-order valence-electron chi connectivity index (χ1n) is 12.6. The lowest BCUT2D eigenvalue weighted by molar-refractivity contribution is -0.145. The van der Waals surface area contributed by atoms with Gasteiger partial charge in [-0.05, 0) is 57.6 Å². The zero-order valence-corrected chi connectivity index (χ0v) is 20.2. The van der Waals surface area contributed by atoms with Crippen LogP contribution in [0.5, 0.6) is 0 Å². The quantitative estimate of drug-likeness (QED) is 0.430. The summed E-state index contributed by atoms with van der Waals surface area (Å²) in [5, 5.41) is 15.1. The average molecular weight is 472 g/mol. The molecule has 2 unspecified atom stereocenters. The Bertz CT molecular complexity index is 909. The van der Waals surface area contributed by atoms with Crippen LogP contribution in [0.3, 0.4) is 0 Å². The summed E-state index contributed by atoms with van der Waals surface area (Å²) in [5.74, 6) is -1.95. The van der Waals surface area contributed by atoms with Crippen molar-refractivity contribution in [1.82, 2.24) is 10.2 Å². The Morgan fingerprint density at radius 2 is 1.88 bits per heavy atom. The summed E-state index contributed by atoms with van der Waals surface area (Å²) in [5.41, 5.74) is -1.10. The van der Waals surface area contributed by atoms with E-state index in [0.29, 0.717) is 44.5 Å². The minimum absolute atomic E-state index is 0.102. The van der Waals surface area contributed by atoms with Gasteiger partial charge in [-0.1, -0.05) is 31.5 Å². The third-order valence-electron chi connectivity index (χ3n) is 7.74. The molecule has 3 aliphatic heterocycles. The Balaban J connectivity index is 1.62. The number of carbonyl (C=O) groups is 3. The first-order chi connectivity index (χ1) is 16.4. The zero-order valence-electron chi connectivity index (χ0n) is 20.2. The number of nitrogens with one attached hydrogen (secondary N) is 2. The highest BCUT2D eigenvalue weighted by atomic mass is 16.5. The molecule has 1 aromatic rings. The standard InChI is InChI=1S/C26H37N3O5/c1-3-4-15-27-23(32)21-26-14-13-25(2,34-26)19(22(31)28-18-11-7-5-8-12-18)20(26)24(33)29(21)16-9-6-10-17-30/h5,7-8,11-12,19-21,30H,3-4,6,9-10,13-17H2,1-2H3,(H,27,32)(H,28,31)/t19-,20+,21?,25+,26?/m1/s1. The maximum absolute atomic E-state index is 13.8. The van der Waals surface area contributed by atoms with Gasteiger partial charge in [0.25, 0.3) is 0 Å². The first-order valence-corrected chi connectivity index (χ1v) is 12.6. The number of aliphatic hydroxyl groups is 1. The van der Waals surface area contributed by atoms with Crippen LogP contribution in [0.1, 0.15) is 58.8 Å². The van der Waals surface area contributed by atoms with Crippen molar-refractivity contribution in [2.24, 2.45) is 11.8 Å². The Kier molecular flexibility index (Phi) is 7.28. The number of likely N-dealkylation sites (tertiary alicyclic amines) is 1. The van der Waals surface area contributed by atoms with Gasteiger partial charge < -0.3 is 25.4 Å². The Hall–Kier alpha value is -2.45. The molecule has 3 amide bonds. The first kappa shape index (κ1) is 24.7. The van der Waals surface area contributed by atoms with Gasteiger partial charge in [0.1, 0.15) is 11.6 Å². The number of unbranched alkanes of at least 4 members (excludes halogenated alkanes) is 3. The van der Waals surface area contributed by atoms with E-state index in [1.54, 1.807) is 4.90 Å². The molecule has 3 saturated heterocycles. The summed E-state index contributed by atoms with van der Waals surface area (Å²) in [6, 6.07) is 8.47. The molecule has 3 fully saturated rings. The predicted molar refractivity (Wildman–Crippen MR) is 128 cm³/mol. The summed E-state index contributed by atoms with van der Waals surface area (Å²) >= 11 is 0. The van der Waals surface area contributed by atoms with Crippen molar-refractivity contribution in [3.8, 4) is 0 Å². The summed E-state index contributed by atoms with van der Waals surface area (Å²) in [6.45, 7) is 5.03. The van der Waals surface area contributed by atoms with Crippen LogP contribution >= 0.6 is 0 Å². The number of para-hydroxylation sites is 1. The second-order valence-electron chi connectivity index (χ2n) is 10.0. The lowest BCUT2D eigenvalue weighted by Crippen LogP contribution is -2.55. The van der Waals surface area contributed by atoms with Crippen molar-refractivity contribution in [3.63, 3.8) is 0 Å². The van der Waals surface area contributed by atoms with E-state index in [1.807, 2.05) is 37.3 Å². The van der Waals surface area contributed by atoms with Crippen LogP contribution in [-0.4, -0.2) is 64.7 Å². The normalized spacial score (nSPS) is 31.6. The van der Waals surface area contributed by atoms with E-state index in [4.69, 9.17) is 9.84 Å². The number of fused-ring (bicyclic) bond motifs is 1. The number of nitrogens with zero attached hydrogens (tertiary/aromatic N) is 1. The Labute approximate surface area is 201 Å². The van der Waals surface area contributed by atoms with Crippen molar-refractivity contribution in [1.29, 1.82) is 0 Å². The van der Waals surface area contributed by atoms with E-state index < -0.39 is 29.1 Å². The molecule has 0 aromatic heterocycles. The van der Waals surface area contributed by atoms with Crippen molar-refractivity contribution in [2.45, 2.75) is 76.0 Å². The monoisotopic (exact) mass is 471 g/mol. The summed E-state index contributed by atoms with van der Waals surface area (Å²) in [6.07, 6.45) is 5.12. The smallest absolute Gasteiger partial charge is 0.245 e. The molecule has 1 spiro atoms. The van der Waals surface area contributed by atoms with Gasteiger partial charge in [-0.25, -0.2) is 0 Å². The van der Waals surface area contributed by atoms with Crippen molar-refractivity contribution in [3.05, 3.63) is 30.3 Å². The molecule has 3 N–H and O–H groups in total. The SMILES string of the molecule is CCCCNC(=O)C1N(CCCCCO)C(=O)[C@@H]2[C@H](C(=O)Nc3ccccc3)[C@]3(C)CCC12O3. The molecule has 8 heteroatoms. The minimum atomic E-state index is -0.988. The number of benzene rings is 1. The number of anilines is 1. The van der Waals surface area contributed by atoms with E-state index in [0.717, 1.165) is 19.3 Å².